The first-order valence-corrected chi connectivity index (χ1v) is 9.61. The largest absolute Gasteiger partial charge is 0.368 e. The number of rotatable bonds is 4. The Balaban J connectivity index is 1.53. The highest BCUT2D eigenvalue weighted by atomic mass is 16.2. The summed E-state index contributed by atoms with van der Waals surface area (Å²) in [7, 11) is 0. The second kappa shape index (κ2) is 8.30. The number of carbonyl (C=O) groups is 1. The maximum Gasteiger partial charge on any atom is 0.321 e. The number of amides is 2. The van der Waals surface area contributed by atoms with Crippen LogP contribution in [0.1, 0.15) is 37.8 Å². The van der Waals surface area contributed by atoms with E-state index in [-0.39, 0.29) is 6.03 Å². The smallest absolute Gasteiger partial charge is 0.321 e. The summed E-state index contributed by atoms with van der Waals surface area (Å²) >= 11 is 0. The van der Waals surface area contributed by atoms with Gasteiger partial charge in [-0.15, -0.1) is 0 Å². The number of allylic oxidation sites excluding steroid dienone is 1. The molecule has 2 amide bonds. The number of nitrogens with zero attached hydrogens (tertiary/aromatic N) is 2. The number of nitrogens with one attached hydrogen (secondary N) is 1. The van der Waals surface area contributed by atoms with E-state index in [4.69, 9.17) is 0 Å². The van der Waals surface area contributed by atoms with Crippen molar-refractivity contribution in [1.29, 1.82) is 0 Å². The van der Waals surface area contributed by atoms with E-state index in [0.717, 1.165) is 37.4 Å². The molecule has 0 saturated carbocycles. The normalized spacial score (nSPS) is 14.4. The van der Waals surface area contributed by atoms with Crippen molar-refractivity contribution in [3.63, 3.8) is 0 Å². The third-order valence-electron chi connectivity index (χ3n) is 5.12. The Bertz CT molecular complexity index is 785. The number of anilines is 2. The van der Waals surface area contributed by atoms with Crippen LogP contribution in [0.2, 0.25) is 0 Å². The number of hydrogen-bond acceptors (Lipinski definition) is 2. The van der Waals surface area contributed by atoms with Crippen LogP contribution in [0.4, 0.5) is 16.2 Å². The molecule has 27 heavy (non-hydrogen) atoms. The minimum Gasteiger partial charge on any atom is -0.368 e. The molecule has 0 aliphatic carbocycles. The average molecular weight is 364 g/mol. The zero-order valence-electron chi connectivity index (χ0n) is 16.5. The Labute approximate surface area is 162 Å². The van der Waals surface area contributed by atoms with Crippen molar-refractivity contribution in [3.05, 3.63) is 66.2 Å². The SMILES string of the molecule is C=C(C)c1ccc(N2CCN(C(=O)Nc3ccc(C(C)C)cc3)CC2)cc1. The minimum absolute atomic E-state index is 0.0235. The van der Waals surface area contributed by atoms with Crippen LogP contribution >= 0.6 is 0 Å². The van der Waals surface area contributed by atoms with Gasteiger partial charge < -0.3 is 15.1 Å². The molecular formula is C23H29N3O. The fraction of sp³-hybridized carbons (Fsp3) is 0.348. The zero-order valence-corrected chi connectivity index (χ0v) is 16.5. The molecule has 4 heteroatoms. The monoisotopic (exact) mass is 363 g/mol. The van der Waals surface area contributed by atoms with E-state index in [1.54, 1.807) is 0 Å². The van der Waals surface area contributed by atoms with Crippen LogP contribution in [0.25, 0.3) is 5.57 Å². The summed E-state index contributed by atoms with van der Waals surface area (Å²) in [6.45, 7) is 13.4. The van der Waals surface area contributed by atoms with Crippen LogP contribution in [0, 0.1) is 0 Å². The molecule has 0 spiro atoms. The van der Waals surface area contributed by atoms with Gasteiger partial charge in [0, 0.05) is 37.6 Å². The molecule has 0 unspecified atom stereocenters. The van der Waals surface area contributed by atoms with Crippen LogP contribution in [0.5, 0.6) is 0 Å². The highest BCUT2D eigenvalue weighted by Crippen LogP contribution is 2.21. The van der Waals surface area contributed by atoms with Gasteiger partial charge >= 0.3 is 6.03 Å². The lowest BCUT2D eigenvalue weighted by atomic mass is 10.0. The molecule has 142 valence electrons. The molecule has 0 aromatic heterocycles. The Morgan fingerprint density at radius 1 is 0.963 bits per heavy atom. The van der Waals surface area contributed by atoms with Crippen molar-refractivity contribution in [2.75, 3.05) is 36.4 Å². The lowest BCUT2D eigenvalue weighted by molar-refractivity contribution is 0.208. The second-order valence-corrected chi connectivity index (χ2v) is 7.51. The summed E-state index contributed by atoms with van der Waals surface area (Å²) in [4.78, 5) is 16.7. The molecule has 3 rings (SSSR count). The molecule has 2 aromatic carbocycles. The van der Waals surface area contributed by atoms with Gasteiger partial charge in [0.05, 0.1) is 0 Å². The van der Waals surface area contributed by atoms with Crippen LogP contribution < -0.4 is 10.2 Å². The highest BCUT2D eigenvalue weighted by molar-refractivity contribution is 5.89. The van der Waals surface area contributed by atoms with E-state index in [1.807, 2.05) is 24.0 Å². The molecule has 1 aliphatic heterocycles. The van der Waals surface area contributed by atoms with E-state index in [2.05, 4.69) is 67.0 Å². The number of piperazine rings is 1. The minimum atomic E-state index is -0.0235. The van der Waals surface area contributed by atoms with Crippen LogP contribution in [0.3, 0.4) is 0 Å². The summed E-state index contributed by atoms with van der Waals surface area (Å²) in [6.07, 6.45) is 0. The lowest BCUT2D eigenvalue weighted by Gasteiger charge is -2.36. The maximum absolute atomic E-state index is 12.5. The molecule has 0 radical (unpaired) electrons. The fourth-order valence-electron chi connectivity index (χ4n) is 3.28. The number of urea groups is 1. The number of carbonyl (C=O) groups excluding carboxylic acids is 1. The third kappa shape index (κ3) is 4.70. The maximum atomic E-state index is 12.5. The lowest BCUT2D eigenvalue weighted by Crippen LogP contribution is -2.50. The van der Waals surface area contributed by atoms with Gasteiger partial charge in [-0.3, -0.25) is 0 Å². The van der Waals surface area contributed by atoms with E-state index in [0.29, 0.717) is 5.92 Å². The Morgan fingerprint density at radius 2 is 1.56 bits per heavy atom. The topological polar surface area (TPSA) is 35.6 Å². The average Bonchev–Trinajstić information content (AvgIpc) is 2.68. The molecular weight excluding hydrogens is 334 g/mol. The molecule has 2 aromatic rings. The standard InChI is InChI=1S/C23H29N3O/c1-17(2)19-5-9-21(10-6-19)24-23(27)26-15-13-25(14-16-26)22-11-7-20(8-12-22)18(3)4/h5-12,17H,3,13-16H2,1-2,4H3,(H,24,27). The Morgan fingerprint density at radius 3 is 2.07 bits per heavy atom. The van der Waals surface area contributed by atoms with Gasteiger partial charge in [0.25, 0.3) is 0 Å². The van der Waals surface area contributed by atoms with Gasteiger partial charge in [0.15, 0.2) is 0 Å². The molecule has 1 heterocycles. The summed E-state index contributed by atoms with van der Waals surface area (Å²) in [5.74, 6) is 0.493. The molecule has 1 N–H and O–H groups in total. The molecule has 1 aliphatic rings. The van der Waals surface area contributed by atoms with Crippen molar-refractivity contribution < 1.29 is 4.79 Å². The first-order chi connectivity index (χ1) is 12.9. The van der Waals surface area contributed by atoms with Crippen molar-refractivity contribution >= 4 is 23.0 Å². The summed E-state index contributed by atoms with van der Waals surface area (Å²) < 4.78 is 0. The number of hydrogen-bond donors (Lipinski definition) is 1. The highest BCUT2D eigenvalue weighted by Gasteiger charge is 2.21. The van der Waals surface area contributed by atoms with Gasteiger partial charge in [0.2, 0.25) is 0 Å². The third-order valence-corrected chi connectivity index (χ3v) is 5.12. The van der Waals surface area contributed by atoms with Gasteiger partial charge in [0.1, 0.15) is 0 Å². The summed E-state index contributed by atoms with van der Waals surface area (Å²) in [6, 6.07) is 16.6. The van der Waals surface area contributed by atoms with E-state index < -0.39 is 0 Å². The van der Waals surface area contributed by atoms with E-state index in [1.165, 1.54) is 16.8 Å². The molecule has 4 nitrogen and oxygen atoms in total. The van der Waals surface area contributed by atoms with Gasteiger partial charge in [-0.2, -0.15) is 0 Å². The van der Waals surface area contributed by atoms with Gasteiger partial charge in [-0.05, 0) is 48.2 Å². The quantitative estimate of drug-likeness (QED) is 0.811. The first-order valence-electron chi connectivity index (χ1n) is 9.61. The Kier molecular flexibility index (Phi) is 5.84. The van der Waals surface area contributed by atoms with E-state index >= 15 is 0 Å². The second-order valence-electron chi connectivity index (χ2n) is 7.51. The van der Waals surface area contributed by atoms with Crippen LogP contribution in [-0.4, -0.2) is 37.1 Å². The fourth-order valence-corrected chi connectivity index (χ4v) is 3.28. The summed E-state index contributed by atoms with van der Waals surface area (Å²) in [5.41, 5.74) is 5.57. The van der Waals surface area contributed by atoms with Gasteiger partial charge in [-0.25, -0.2) is 4.79 Å². The molecule has 0 bridgehead atoms. The van der Waals surface area contributed by atoms with Crippen molar-refractivity contribution in [1.82, 2.24) is 4.90 Å². The Hall–Kier alpha value is -2.75. The molecule has 0 atom stereocenters. The van der Waals surface area contributed by atoms with Crippen LogP contribution in [0.15, 0.2) is 55.1 Å². The zero-order chi connectivity index (χ0) is 19.4. The predicted octanol–water partition coefficient (Wildman–Crippen LogP) is 5.20. The van der Waals surface area contributed by atoms with Gasteiger partial charge in [-0.1, -0.05) is 50.3 Å². The van der Waals surface area contributed by atoms with Crippen molar-refractivity contribution in [2.24, 2.45) is 0 Å². The predicted molar refractivity (Wildman–Crippen MR) is 114 cm³/mol. The van der Waals surface area contributed by atoms with Crippen molar-refractivity contribution in [3.8, 4) is 0 Å². The molecule has 1 fully saturated rings. The number of benzene rings is 2. The first kappa shape index (κ1) is 19.0. The molecule has 1 saturated heterocycles. The van der Waals surface area contributed by atoms with Crippen LogP contribution in [-0.2, 0) is 0 Å². The van der Waals surface area contributed by atoms with E-state index in [9.17, 15) is 4.79 Å². The van der Waals surface area contributed by atoms with Crippen molar-refractivity contribution in [2.45, 2.75) is 26.7 Å². The summed E-state index contributed by atoms with van der Waals surface area (Å²) in [5, 5.41) is 3.01.